The number of unbranched alkanes of at least 4 members (excludes halogenated alkanes) is 1. The van der Waals surface area contributed by atoms with Gasteiger partial charge in [0.25, 0.3) is 5.91 Å². The first-order valence-electron chi connectivity index (χ1n) is 5.80. The first-order chi connectivity index (χ1) is 8.56. The molecule has 1 rings (SSSR count). The molecule has 0 aromatic carbocycles. The molecule has 0 bridgehead atoms. The van der Waals surface area contributed by atoms with E-state index in [0.717, 1.165) is 12.8 Å². The van der Waals surface area contributed by atoms with Gasteiger partial charge in [0.1, 0.15) is 6.04 Å². The number of hydrogen-bond donors (Lipinski definition) is 3. The number of pyridine rings is 1. The molecule has 18 heavy (non-hydrogen) atoms. The van der Waals surface area contributed by atoms with Crippen LogP contribution in [0.3, 0.4) is 0 Å². The Morgan fingerprint density at radius 2 is 2.28 bits per heavy atom. The number of rotatable bonds is 6. The Morgan fingerprint density at radius 3 is 2.83 bits per heavy atom. The SMILES string of the molecule is CCCCC(NC(=O)c1ncccc1N)C(=O)O. The molecule has 4 N–H and O–H groups in total. The van der Waals surface area contributed by atoms with Crippen LogP contribution in [0.4, 0.5) is 5.69 Å². The molecule has 1 aromatic rings. The van der Waals surface area contributed by atoms with E-state index in [1.54, 1.807) is 12.1 Å². The highest BCUT2D eigenvalue weighted by molar-refractivity contribution is 5.98. The largest absolute Gasteiger partial charge is 0.480 e. The molecule has 1 amide bonds. The second-order valence-electron chi connectivity index (χ2n) is 3.95. The minimum absolute atomic E-state index is 0.0558. The summed E-state index contributed by atoms with van der Waals surface area (Å²) in [5.41, 5.74) is 5.89. The summed E-state index contributed by atoms with van der Waals surface area (Å²) in [6, 6.07) is 2.25. The van der Waals surface area contributed by atoms with Gasteiger partial charge in [-0.3, -0.25) is 4.79 Å². The van der Waals surface area contributed by atoms with Gasteiger partial charge in [0.05, 0.1) is 5.69 Å². The summed E-state index contributed by atoms with van der Waals surface area (Å²) in [6.07, 6.45) is 3.43. The first kappa shape index (κ1) is 14.0. The van der Waals surface area contributed by atoms with Crippen molar-refractivity contribution >= 4 is 17.6 Å². The smallest absolute Gasteiger partial charge is 0.326 e. The summed E-state index contributed by atoms with van der Waals surface area (Å²) in [4.78, 5) is 26.7. The fraction of sp³-hybridized carbons (Fsp3) is 0.417. The van der Waals surface area contributed by atoms with Gasteiger partial charge in [-0.2, -0.15) is 0 Å². The van der Waals surface area contributed by atoms with Gasteiger partial charge in [0.15, 0.2) is 5.69 Å². The van der Waals surface area contributed by atoms with Gasteiger partial charge in [-0.1, -0.05) is 19.8 Å². The van der Waals surface area contributed by atoms with Crippen LogP contribution in [0.25, 0.3) is 0 Å². The number of amides is 1. The van der Waals surface area contributed by atoms with Gasteiger partial charge in [0.2, 0.25) is 0 Å². The Balaban J connectivity index is 2.72. The Bertz CT molecular complexity index is 434. The van der Waals surface area contributed by atoms with Gasteiger partial charge >= 0.3 is 5.97 Å². The van der Waals surface area contributed by atoms with E-state index in [4.69, 9.17) is 10.8 Å². The average molecular weight is 251 g/mol. The summed E-state index contributed by atoms with van der Waals surface area (Å²) in [5, 5.41) is 11.4. The summed E-state index contributed by atoms with van der Waals surface area (Å²) < 4.78 is 0. The van der Waals surface area contributed by atoms with Crippen molar-refractivity contribution in [3.05, 3.63) is 24.0 Å². The van der Waals surface area contributed by atoms with Crippen LogP contribution in [-0.2, 0) is 4.79 Å². The second kappa shape index (κ2) is 6.58. The normalized spacial score (nSPS) is 11.8. The van der Waals surface area contributed by atoms with Gasteiger partial charge in [0, 0.05) is 6.20 Å². The van der Waals surface area contributed by atoms with E-state index in [0.29, 0.717) is 6.42 Å². The van der Waals surface area contributed by atoms with E-state index in [1.807, 2.05) is 6.92 Å². The van der Waals surface area contributed by atoms with E-state index in [1.165, 1.54) is 6.20 Å². The number of carbonyl (C=O) groups is 2. The van der Waals surface area contributed by atoms with Crippen molar-refractivity contribution in [2.75, 3.05) is 5.73 Å². The van der Waals surface area contributed by atoms with Crippen LogP contribution in [0.1, 0.15) is 36.7 Å². The number of nitrogens with zero attached hydrogens (tertiary/aromatic N) is 1. The standard InChI is InChI=1S/C12H17N3O3/c1-2-3-6-9(12(17)18)15-11(16)10-8(13)5-4-7-14-10/h4-5,7,9H,2-3,6,13H2,1H3,(H,15,16)(H,17,18). The lowest BCUT2D eigenvalue weighted by molar-refractivity contribution is -0.139. The zero-order valence-electron chi connectivity index (χ0n) is 10.2. The minimum Gasteiger partial charge on any atom is -0.480 e. The lowest BCUT2D eigenvalue weighted by atomic mass is 10.1. The monoisotopic (exact) mass is 251 g/mol. The Morgan fingerprint density at radius 1 is 1.56 bits per heavy atom. The minimum atomic E-state index is -1.05. The number of nitrogens with one attached hydrogen (secondary N) is 1. The van der Waals surface area contributed by atoms with Crippen LogP contribution in [0.5, 0.6) is 0 Å². The lowest BCUT2D eigenvalue weighted by Gasteiger charge is -2.14. The Labute approximate surface area is 105 Å². The fourth-order valence-corrected chi connectivity index (χ4v) is 1.50. The van der Waals surface area contributed by atoms with Crippen LogP contribution in [-0.4, -0.2) is 28.0 Å². The zero-order chi connectivity index (χ0) is 13.5. The van der Waals surface area contributed by atoms with Crippen molar-refractivity contribution in [2.45, 2.75) is 32.2 Å². The van der Waals surface area contributed by atoms with E-state index in [9.17, 15) is 9.59 Å². The van der Waals surface area contributed by atoms with Crippen molar-refractivity contribution in [1.82, 2.24) is 10.3 Å². The maximum absolute atomic E-state index is 11.8. The van der Waals surface area contributed by atoms with E-state index < -0.39 is 17.9 Å². The molecule has 0 aliphatic heterocycles. The quantitative estimate of drug-likeness (QED) is 0.700. The maximum Gasteiger partial charge on any atom is 0.326 e. The summed E-state index contributed by atoms with van der Waals surface area (Å²) in [7, 11) is 0. The van der Waals surface area contributed by atoms with Crippen LogP contribution in [0, 0.1) is 0 Å². The van der Waals surface area contributed by atoms with Crippen molar-refractivity contribution in [3.63, 3.8) is 0 Å². The van der Waals surface area contributed by atoms with Gasteiger partial charge in [-0.25, -0.2) is 9.78 Å². The molecule has 1 unspecified atom stereocenters. The van der Waals surface area contributed by atoms with Gasteiger partial charge in [-0.15, -0.1) is 0 Å². The number of aromatic nitrogens is 1. The van der Waals surface area contributed by atoms with Crippen molar-refractivity contribution in [3.8, 4) is 0 Å². The molecule has 6 nitrogen and oxygen atoms in total. The third-order valence-electron chi connectivity index (χ3n) is 2.50. The summed E-state index contributed by atoms with van der Waals surface area (Å²) >= 11 is 0. The van der Waals surface area contributed by atoms with Crippen molar-refractivity contribution < 1.29 is 14.7 Å². The summed E-state index contributed by atoms with van der Waals surface area (Å²) in [5.74, 6) is -1.61. The molecule has 0 spiro atoms. The third kappa shape index (κ3) is 3.73. The van der Waals surface area contributed by atoms with Crippen molar-refractivity contribution in [1.29, 1.82) is 0 Å². The number of nitrogen functional groups attached to an aromatic ring is 1. The van der Waals surface area contributed by atoms with Crippen LogP contribution >= 0.6 is 0 Å². The third-order valence-corrected chi connectivity index (χ3v) is 2.50. The molecule has 0 saturated heterocycles. The van der Waals surface area contributed by atoms with Crippen molar-refractivity contribution in [2.24, 2.45) is 0 Å². The number of aliphatic carboxylic acids is 1. The van der Waals surface area contributed by atoms with Gasteiger partial charge < -0.3 is 16.2 Å². The topological polar surface area (TPSA) is 105 Å². The molecular weight excluding hydrogens is 234 g/mol. The molecule has 0 radical (unpaired) electrons. The molecule has 0 fully saturated rings. The molecule has 1 atom stereocenters. The summed E-state index contributed by atoms with van der Waals surface area (Å²) in [6.45, 7) is 1.96. The second-order valence-corrected chi connectivity index (χ2v) is 3.95. The predicted molar refractivity (Wildman–Crippen MR) is 67.1 cm³/mol. The lowest BCUT2D eigenvalue weighted by Crippen LogP contribution is -2.41. The highest BCUT2D eigenvalue weighted by Crippen LogP contribution is 2.08. The van der Waals surface area contributed by atoms with E-state index >= 15 is 0 Å². The highest BCUT2D eigenvalue weighted by Gasteiger charge is 2.21. The number of carboxylic acid groups (broad SMARTS) is 1. The van der Waals surface area contributed by atoms with Gasteiger partial charge in [-0.05, 0) is 18.6 Å². The Hall–Kier alpha value is -2.11. The molecule has 0 aliphatic carbocycles. The van der Waals surface area contributed by atoms with E-state index in [-0.39, 0.29) is 11.4 Å². The average Bonchev–Trinajstić information content (AvgIpc) is 2.34. The van der Waals surface area contributed by atoms with Crippen LogP contribution in [0.15, 0.2) is 18.3 Å². The first-order valence-corrected chi connectivity index (χ1v) is 5.80. The number of carbonyl (C=O) groups excluding carboxylic acids is 1. The Kier molecular flexibility index (Phi) is 5.10. The van der Waals surface area contributed by atoms with Crippen LogP contribution < -0.4 is 11.1 Å². The molecule has 1 aromatic heterocycles. The molecule has 98 valence electrons. The number of anilines is 1. The molecule has 1 heterocycles. The number of carboxylic acids is 1. The molecule has 0 aliphatic rings. The zero-order valence-corrected chi connectivity index (χ0v) is 10.2. The van der Waals surface area contributed by atoms with Crippen LogP contribution in [0.2, 0.25) is 0 Å². The number of nitrogens with two attached hydrogens (primary N) is 1. The number of hydrogen-bond acceptors (Lipinski definition) is 4. The predicted octanol–water partition coefficient (Wildman–Crippen LogP) is 1.04. The maximum atomic E-state index is 11.8. The molecule has 6 heteroatoms. The highest BCUT2D eigenvalue weighted by atomic mass is 16.4. The van der Waals surface area contributed by atoms with E-state index in [2.05, 4.69) is 10.3 Å². The molecule has 0 saturated carbocycles. The molecular formula is C12H17N3O3. The fourth-order valence-electron chi connectivity index (χ4n) is 1.50.